The maximum Gasteiger partial charge on any atom is 0.416 e. The van der Waals surface area contributed by atoms with Gasteiger partial charge in [-0.15, -0.1) is 0 Å². The van der Waals surface area contributed by atoms with Crippen molar-refractivity contribution in [1.29, 1.82) is 0 Å². The van der Waals surface area contributed by atoms with E-state index in [-0.39, 0.29) is 28.9 Å². The van der Waals surface area contributed by atoms with Gasteiger partial charge in [-0.3, -0.25) is 9.59 Å². The van der Waals surface area contributed by atoms with Crippen LogP contribution in [-0.2, 0) is 22.2 Å². The fourth-order valence-electron chi connectivity index (χ4n) is 3.46. The predicted octanol–water partition coefficient (Wildman–Crippen LogP) is 3.03. The van der Waals surface area contributed by atoms with Gasteiger partial charge in [0.1, 0.15) is 6.54 Å². The third-order valence-corrected chi connectivity index (χ3v) is 4.65. The number of nitrogens with one attached hydrogen (secondary N) is 1. The SMILES string of the molecule is O=C(N[C@@H]1CCc2c1cccc2C(F)(F)F)C1=C(O)C(=O)N(CC(F)(F)F)C1. The first-order valence-corrected chi connectivity index (χ1v) is 8.16. The second-order valence-electron chi connectivity index (χ2n) is 6.54. The summed E-state index contributed by atoms with van der Waals surface area (Å²) in [5.74, 6) is -3.41. The summed E-state index contributed by atoms with van der Waals surface area (Å²) in [4.78, 5) is 24.3. The average Bonchev–Trinajstić information content (AvgIpc) is 3.09. The van der Waals surface area contributed by atoms with Crippen LogP contribution in [0.25, 0.3) is 0 Å². The number of amides is 2. The van der Waals surface area contributed by atoms with E-state index in [1.54, 1.807) is 0 Å². The summed E-state index contributed by atoms with van der Waals surface area (Å²) in [5.41, 5.74) is -1.06. The van der Waals surface area contributed by atoms with Crippen molar-refractivity contribution in [3.05, 3.63) is 46.2 Å². The highest BCUT2D eigenvalue weighted by molar-refractivity contribution is 6.07. The van der Waals surface area contributed by atoms with E-state index in [0.29, 0.717) is 0 Å². The molecule has 152 valence electrons. The lowest BCUT2D eigenvalue weighted by atomic mass is 10.0. The van der Waals surface area contributed by atoms with E-state index in [0.717, 1.165) is 6.07 Å². The van der Waals surface area contributed by atoms with E-state index in [9.17, 15) is 41.0 Å². The summed E-state index contributed by atoms with van der Waals surface area (Å²) in [6.07, 6.45) is -9.05. The summed E-state index contributed by atoms with van der Waals surface area (Å²) in [5, 5.41) is 12.1. The quantitative estimate of drug-likeness (QED) is 0.756. The Bertz CT molecular complexity index is 859. The number of rotatable bonds is 3. The van der Waals surface area contributed by atoms with Gasteiger partial charge < -0.3 is 15.3 Å². The molecule has 0 aromatic heterocycles. The topological polar surface area (TPSA) is 69.6 Å². The minimum atomic E-state index is -4.71. The van der Waals surface area contributed by atoms with Gasteiger partial charge in [0.05, 0.1) is 23.7 Å². The van der Waals surface area contributed by atoms with Crippen molar-refractivity contribution in [3.8, 4) is 0 Å². The summed E-state index contributed by atoms with van der Waals surface area (Å²) in [7, 11) is 0. The lowest BCUT2D eigenvalue weighted by molar-refractivity contribution is -0.157. The van der Waals surface area contributed by atoms with Crippen LogP contribution in [0, 0.1) is 0 Å². The average molecular weight is 408 g/mol. The number of hydrogen-bond donors (Lipinski definition) is 2. The van der Waals surface area contributed by atoms with Gasteiger partial charge in [0.15, 0.2) is 5.76 Å². The Morgan fingerprint density at radius 1 is 1.21 bits per heavy atom. The summed E-state index contributed by atoms with van der Waals surface area (Å²) in [6.45, 7) is -2.37. The number of fused-ring (bicyclic) bond motifs is 1. The van der Waals surface area contributed by atoms with Gasteiger partial charge in [-0.05, 0) is 30.0 Å². The molecule has 0 fully saturated rings. The number of alkyl halides is 6. The molecule has 5 nitrogen and oxygen atoms in total. The molecule has 2 aliphatic rings. The fourth-order valence-corrected chi connectivity index (χ4v) is 3.46. The maximum atomic E-state index is 13.1. The van der Waals surface area contributed by atoms with E-state index in [1.807, 2.05) is 0 Å². The smallest absolute Gasteiger partial charge is 0.416 e. The molecule has 0 radical (unpaired) electrons. The van der Waals surface area contributed by atoms with Gasteiger partial charge >= 0.3 is 12.4 Å². The van der Waals surface area contributed by atoms with E-state index in [1.165, 1.54) is 12.1 Å². The van der Waals surface area contributed by atoms with Crippen LogP contribution in [0.1, 0.15) is 29.2 Å². The molecule has 3 rings (SSSR count). The van der Waals surface area contributed by atoms with Gasteiger partial charge in [0.25, 0.3) is 11.8 Å². The van der Waals surface area contributed by atoms with Crippen LogP contribution < -0.4 is 5.32 Å². The monoisotopic (exact) mass is 408 g/mol. The Hall–Kier alpha value is -2.72. The van der Waals surface area contributed by atoms with Crippen molar-refractivity contribution in [2.45, 2.75) is 31.2 Å². The lowest BCUT2D eigenvalue weighted by Gasteiger charge is -2.19. The van der Waals surface area contributed by atoms with Crippen LogP contribution in [0.3, 0.4) is 0 Å². The molecule has 1 atom stereocenters. The van der Waals surface area contributed by atoms with E-state index < -0.39 is 60.2 Å². The van der Waals surface area contributed by atoms with Crippen LogP contribution in [0.15, 0.2) is 29.5 Å². The van der Waals surface area contributed by atoms with Crippen molar-refractivity contribution in [2.75, 3.05) is 13.1 Å². The zero-order chi connectivity index (χ0) is 20.9. The molecular weight excluding hydrogens is 394 g/mol. The molecule has 0 bridgehead atoms. The lowest BCUT2D eigenvalue weighted by Crippen LogP contribution is -2.37. The molecule has 1 aromatic carbocycles. The number of carbonyl (C=O) groups excluding carboxylic acids is 2. The molecule has 0 saturated carbocycles. The molecule has 1 aliphatic carbocycles. The van der Waals surface area contributed by atoms with Crippen molar-refractivity contribution in [3.63, 3.8) is 0 Å². The van der Waals surface area contributed by atoms with Gasteiger partial charge in [-0.25, -0.2) is 0 Å². The zero-order valence-electron chi connectivity index (χ0n) is 14.1. The minimum Gasteiger partial charge on any atom is -0.503 e. The standard InChI is InChI=1S/C17H14F6N2O3/c18-16(19,20)7-25-6-10(13(26)15(25)28)14(27)24-12-5-4-8-9(12)2-1-3-11(8)17(21,22)23/h1-3,12,26H,4-7H2,(H,24,27)/t12-/m1/s1. The number of halogens is 6. The Labute approximate surface area is 154 Å². The normalized spacial score (nSPS) is 20.0. The van der Waals surface area contributed by atoms with Crippen molar-refractivity contribution in [2.24, 2.45) is 0 Å². The summed E-state index contributed by atoms with van der Waals surface area (Å²) in [6, 6.07) is 2.75. The first kappa shape index (κ1) is 20.0. The van der Waals surface area contributed by atoms with E-state index in [2.05, 4.69) is 5.32 Å². The predicted molar refractivity (Wildman–Crippen MR) is 82.9 cm³/mol. The Balaban J connectivity index is 1.77. The first-order valence-electron chi connectivity index (χ1n) is 8.16. The van der Waals surface area contributed by atoms with Crippen LogP contribution in [-0.4, -0.2) is 41.1 Å². The highest BCUT2D eigenvalue weighted by atomic mass is 19.4. The molecule has 2 N–H and O–H groups in total. The van der Waals surface area contributed by atoms with Gasteiger partial charge in [-0.1, -0.05) is 12.1 Å². The number of hydrogen-bond acceptors (Lipinski definition) is 3. The highest BCUT2D eigenvalue weighted by Crippen LogP contribution is 2.40. The van der Waals surface area contributed by atoms with Crippen LogP contribution in [0.5, 0.6) is 0 Å². The van der Waals surface area contributed by atoms with Gasteiger partial charge in [0.2, 0.25) is 0 Å². The Kier molecular flexibility index (Phi) is 4.80. The molecule has 1 aromatic rings. The number of aliphatic hydroxyl groups excluding tert-OH is 1. The molecule has 0 spiro atoms. The summed E-state index contributed by atoms with van der Waals surface area (Å²) >= 11 is 0. The van der Waals surface area contributed by atoms with Crippen LogP contribution >= 0.6 is 0 Å². The fraction of sp³-hybridized carbons (Fsp3) is 0.412. The van der Waals surface area contributed by atoms with Crippen LogP contribution in [0.4, 0.5) is 26.3 Å². The second-order valence-corrected chi connectivity index (χ2v) is 6.54. The van der Waals surface area contributed by atoms with Crippen molar-refractivity contribution >= 4 is 11.8 Å². The van der Waals surface area contributed by atoms with Gasteiger partial charge in [-0.2, -0.15) is 26.3 Å². The second kappa shape index (κ2) is 6.71. The van der Waals surface area contributed by atoms with Gasteiger partial charge in [0, 0.05) is 0 Å². The van der Waals surface area contributed by atoms with Crippen molar-refractivity contribution < 1.29 is 41.0 Å². The number of nitrogens with zero attached hydrogens (tertiary/aromatic N) is 1. The zero-order valence-corrected chi connectivity index (χ0v) is 14.1. The van der Waals surface area contributed by atoms with E-state index >= 15 is 0 Å². The number of carbonyl (C=O) groups is 2. The molecular formula is C17H14F6N2O3. The van der Waals surface area contributed by atoms with E-state index in [4.69, 9.17) is 0 Å². The highest BCUT2D eigenvalue weighted by Gasteiger charge is 2.42. The Morgan fingerprint density at radius 3 is 2.50 bits per heavy atom. The molecule has 28 heavy (non-hydrogen) atoms. The number of aliphatic hydroxyl groups is 1. The summed E-state index contributed by atoms with van der Waals surface area (Å²) < 4.78 is 76.7. The molecule has 0 unspecified atom stereocenters. The molecule has 0 saturated heterocycles. The molecule has 1 aliphatic heterocycles. The first-order chi connectivity index (χ1) is 12.9. The molecule has 2 amide bonds. The molecule has 1 heterocycles. The van der Waals surface area contributed by atoms with Crippen molar-refractivity contribution in [1.82, 2.24) is 10.2 Å². The molecule has 11 heteroatoms. The minimum absolute atomic E-state index is 0.0414. The van der Waals surface area contributed by atoms with Crippen LogP contribution in [0.2, 0.25) is 0 Å². The Morgan fingerprint density at radius 2 is 1.89 bits per heavy atom. The third kappa shape index (κ3) is 3.78. The number of benzene rings is 1. The largest absolute Gasteiger partial charge is 0.503 e. The maximum absolute atomic E-state index is 13.1. The third-order valence-electron chi connectivity index (χ3n) is 4.65.